The summed E-state index contributed by atoms with van der Waals surface area (Å²) in [5, 5.41) is 14.1. The van der Waals surface area contributed by atoms with Crippen LogP contribution in [-0.2, 0) is 19.5 Å². The maximum absolute atomic E-state index is 13.0. The molecule has 4 rings (SSSR count). The van der Waals surface area contributed by atoms with Crippen LogP contribution in [0.25, 0.3) is 11.1 Å². The van der Waals surface area contributed by atoms with Crippen molar-refractivity contribution in [3.05, 3.63) is 76.0 Å². The predicted molar refractivity (Wildman–Crippen MR) is 125 cm³/mol. The van der Waals surface area contributed by atoms with Crippen molar-refractivity contribution in [3.8, 4) is 11.1 Å². The summed E-state index contributed by atoms with van der Waals surface area (Å²) >= 11 is 0. The zero-order valence-electron chi connectivity index (χ0n) is 18.7. The molecular weight excluding hydrogens is 402 g/mol. The Morgan fingerprint density at radius 3 is 2.47 bits per heavy atom. The minimum Gasteiger partial charge on any atom is -0.478 e. The Balaban J connectivity index is 1.51. The van der Waals surface area contributed by atoms with Crippen molar-refractivity contribution in [3.63, 3.8) is 0 Å². The normalized spacial score (nSPS) is 14.5. The Kier molecular flexibility index (Phi) is 6.88. The molecule has 1 aliphatic rings. The summed E-state index contributed by atoms with van der Waals surface area (Å²) in [6.07, 6.45) is 8.22. The van der Waals surface area contributed by atoms with Gasteiger partial charge in [-0.25, -0.2) is 14.3 Å². The van der Waals surface area contributed by atoms with E-state index in [9.17, 15) is 14.7 Å². The van der Waals surface area contributed by atoms with Gasteiger partial charge in [-0.2, -0.15) is 5.10 Å². The Labute approximate surface area is 188 Å². The molecule has 1 fully saturated rings. The van der Waals surface area contributed by atoms with Crippen LogP contribution in [-0.4, -0.2) is 25.4 Å². The van der Waals surface area contributed by atoms with E-state index >= 15 is 0 Å². The van der Waals surface area contributed by atoms with E-state index in [2.05, 4.69) is 5.10 Å². The van der Waals surface area contributed by atoms with Crippen molar-refractivity contribution in [2.24, 2.45) is 5.92 Å². The third-order valence-corrected chi connectivity index (χ3v) is 6.55. The maximum atomic E-state index is 13.0. The Bertz CT molecular complexity index is 1120. The molecule has 0 unspecified atom stereocenters. The minimum atomic E-state index is -0.940. The quantitative estimate of drug-likeness (QED) is 0.543. The zero-order chi connectivity index (χ0) is 22.5. The van der Waals surface area contributed by atoms with Gasteiger partial charge in [0, 0.05) is 13.0 Å². The van der Waals surface area contributed by atoms with Gasteiger partial charge in [0.05, 0.1) is 12.1 Å². The molecule has 0 radical (unpaired) electrons. The van der Waals surface area contributed by atoms with Crippen molar-refractivity contribution in [1.29, 1.82) is 0 Å². The Hall–Kier alpha value is -3.15. The van der Waals surface area contributed by atoms with Gasteiger partial charge < -0.3 is 5.11 Å². The summed E-state index contributed by atoms with van der Waals surface area (Å²) in [5.41, 5.74) is 2.76. The number of aryl methyl sites for hydroxylation is 2. The molecule has 0 spiro atoms. The van der Waals surface area contributed by atoms with Crippen LogP contribution in [0.2, 0.25) is 0 Å². The lowest BCUT2D eigenvalue weighted by Crippen LogP contribution is -2.27. The largest absolute Gasteiger partial charge is 0.478 e. The molecule has 1 heterocycles. The summed E-state index contributed by atoms with van der Waals surface area (Å²) < 4.78 is 3.41. The summed E-state index contributed by atoms with van der Waals surface area (Å²) in [7, 11) is 0. The highest BCUT2D eigenvalue weighted by atomic mass is 16.4. The number of benzene rings is 2. The van der Waals surface area contributed by atoms with Crippen LogP contribution in [0.4, 0.5) is 0 Å². The molecule has 1 N–H and O–H groups in total. The molecular formula is C26H31N3O3. The summed E-state index contributed by atoms with van der Waals surface area (Å²) in [4.78, 5) is 24.6. The number of hydrogen-bond donors (Lipinski definition) is 1. The van der Waals surface area contributed by atoms with E-state index in [1.807, 2.05) is 43.3 Å². The van der Waals surface area contributed by atoms with Crippen LogP contribution in [0.3, 0.4) is 0 Å². The molecule has 0 aliphatic heterocycles. The smallest absolute Gasteiger partial charge is 0.346 e. The zero-order valence-corrected chi connectivity index (χ0v) is 18.7. The van der Waals surface area contributed by atoms with E-state index in [0.717, 1.165) is 23.4 Å². The highest BCUT2D eigenvalue weighted by Gasteiger charge is 2.17. The van der Waals surface area contributed by atoms with Gasteiger partial charge in [-0.05, 0) is 35.1 Å². The van der Waals surface area contributed by atoms with E-state index in [-0.39, 0.29) is 11.3 Å². The van der Waals surface area contributed by atoms with Gasteiger partial charge >= 0.3 is 11.7 Å². The summed E-state index contributed by atoms with van der Waals surface area (Å²) in [6.45, 7) is 3.18. The summed E-state index contributed by atoms with van der Waals surface area (Å²) in [5.74, 6) is 0.579. The van der Waals surface area contributed by atoms with E-state index in [1.54, 1.807) is 21.4 Å². The number of nitrogens with zero attached hydrogens (tertiary/aromatic N) is 3. The number of aromatic carboxylic acids is 1. The first-order chi connectivity index (χ1) is 15.6. The van der Waals surface area contributed by atoms with Gasteiger partial charge in [0.1, 0.15) is 5.82 Å². The van der Waals surface area contributed by atoms with Gasteiger partial charge in [0.2, 0.25) is 0 Å². The topological polar surface area (TPSA) is 77.1 Å². The van der Waals surface area contributed by atoms with Gasteiger partial charge in [0.15, 0.2) is 0 Å². The molecule has 6 nitrogen and oxygen atoms in total. The number of hydrogen-bond acceptors (Lipinski definition) is 3. The molecule has 0 atom stereocenters. The fraction of sp³-hybridized carbons (Fsp3) is 0.423. The van der Waals surface area contributed by atoms with Gasteiger partial charge in [-0.15, -0.1) is 0 Å². The van der Waals surface area contributed by atoms with Crippen molar-refractivity contribution in [1.82, 2.24) is 14.3 Å². The van der Waals surface area contributed by atoms with Gasteiger partial charge in [0.25, 0.3) is 0 Å². The van der Waals surface area contributed by atoms with Crippen LogP contribution in [0.15, 0.2) is 53.3 Å². The van der Waals surface area contributed by atoms with E-state index in [4.69, 9.17) is 0 Å². The molecule has 32 heavy (non-hydrogen) atoms. The summed E-state index contributed by atoms with van der Waals surface area (Å²) in [6, 6.07) is 14.7. The molecule has 0 amide bonds. The molecule has 0 saturated heterocycles. The molecule has 6 heteroatoms. The maximum Gasteiger partial charge on any atom is 0.346 e. The number of carbonyl (C=O) groups is 1. The molecule has 1 aliphatic carbocycles. The second-order valence-electron chi connectivity index (χ2n) is 8.70. The molecule has 168 valence electrons. The van der Waals surface area contributed by atoms with Crippen LogP contribution in [0.1, 0.15) is 67.2 Å². The van der Waals surface area contributed by atoms with Crippen molar-refractivity contribution >= 4 is 5.97 Å². The molecule has 0 bridgehead atoms. The fourth-order valence-electron chi connectivity index (χ4n) is 4.73. The van der Waals surface area contributed by atoms with E-state index in [0.29, 0.717) is 31.0 Å². The first-order valence-corrected chi connectivity index (χ1v) is 11.6. The number of carboxylic acids is 1. The number of carboxylic acid groups (broad SMARTS) is 1. The molecule has 1 saturated carbocycles. The van der Waals surface area contributed by atoms with Crippen molar-refractivity contribution < 1.29 is 9.90 Å². The Morgan fingerprint density at radius 1 is 1.06 bits per heavy atom. The highest BCUT2D eigenvalue weighted by molar-refractivity contribution is 5.95. The lowest BCUT2D eigenvalue weighted by atomic mass is 9.87. The standard InChI is InChI=1S/C26H31N3O3/c1-2-24-27-29(17-16-19-8-4-3-5-9-19)26(32)28(24)18-20-12-14-21(15-13-20)22-10-6-7-11-23(22)25(30)31/h6-7,10-15,19H,2-5,8-9,16-18H2,1H3,(H,30,31). The Morgan fingerprint density at radius 2 is 1.78 bits per heavy atom. The van der Waals surface area contributed by atoms with E-state index in [1.165, 1.54) is 32.1 Å². The average molecular weight is 434 g/mol. The van der Waals surface area contributed by atoms with Gasteiger partial charge in [-0.1, -0.05) is 81.5 Å². The number of aromatic nitrogens is 3. The predicted octanol–water partition coefficient (Wildman–Crippen LogP) is 4.99. The molecule has 2 aromatic carbocycles. The van der Waals surface area contributed by atoms with Crippen molar-refractivity contribution in [2.45, 2.75) is 65.0 Å². The fourth-order valence-corrected chi connectivity index (χ4v) is 4.73. The average Bonchev–Trinajstić information content (AvgIpc) is 3.13. The van der Waals surface area contributed by atoms with Crippen molar-refractivity contribution in [2.75, 3.05) is 0 Å². The minimum absolute atomic E-state index is 0.0436. The van der Waals surface area contributed by atoms with Crippen LogP contribution in [0, 0.1) is 5.92 Å². The third-order valence-electron chi connectivity index (χ3n) is 6.55. The first kappa shape index (κ1) is 22.1. The van der Waals surface area contributed by atoms with E-state index < -0.39 is 5.97 Å². The third kappa shape index (κ3) is 4.85. The van der Waals surface area contributed by atoms with Gasteiger partial charge in [-0.3, -0.25) is 4.57 Å². The molecule has 1 aromatic heterocycles. The second kappa shape index (κ2) is 9.98. The van der Waals surface area contributed by atoms with Crippen LogP contribution in [0.5, 0.6) is 0 Å². The lowest BCUT2D eigenvalue weighted by Gasteiger charge is -2.20. The molecule has 3 aromatic rings. The monoisotopic (exact) mass is 433 g/mol. The number of rotatable bonds is 8. The highest BCUT2D eigenvalue weighted by Crippen LogP contribution is 2.27. The van der Waals surface area contributed by atoms with Crippen LogP contribution >= 0.6 is 0 Å². The lowest BCUT2D eigenvalue weighted by molar-refractivity contribution is 0.0697. The second-order valence-corrected chi connectivity index (χ2v) is 8.70. The van der Waals surface area contributed by atoms with Crippen LogP contribution < -0.4 is 5.69 Å². The SMILES string of the molecule is CCc1nn(CCC2CCCCC2)c(=O)n1Cc1ccc(-c2ccccc2C(=O)O)cc1. The first-order valence-electron chi connectivity index (χ1n) is 11.6.